The zero-order valence-electron chi connectivity index (χ0n) is 17.1. The van der Waals surface area contributed by atoms with Crippen molar-refractivity contribution in [1.82, 2.24) is 0 Å². The quantitative estimate of drug-likeness (QED) is 0.441. The van der Waals surface area contributed by atoms with Gasteiger partial charge in [-0.05, 0) is 73.4 Å². The molecule has 0 aromatic heterocycles. The predicted octanol–water partition coefficient (Wildman–Crippen LogP) is 6.39. The van der Waals surface area contributed by atoms with Gasteiger partial charge in [0.1, 0.15) is 5.75 Å². The standard InChI is InChI=1S/C25H27NO2S/c1-4-24(28-22-15-18(2)14-19(3)16-22)25(27)26-21-12-10-20(11-13-21)17-29-23-8-6-5-7-9-23/h5-16,24H,4,17H2,1-3H3,(H,26,27). The molecule has 4 heteroatoms. The van der Waals surface area contributed by atoms with Crippen LogP contribution in [0.2, 0.25) is 0 Å². The maximum Gasteiger partial charge on any atom is 0.265 e. The van der Waals surface area contributed by atoms with Crippen LogP contribution in [0.1, 0.15) is 30.0 Å². The van der Waals surface area contributed by atoms with Crippen LogP contribution in [0.4, 0.5) is 5.69 Å². The monoisotopic (exact) mass is 405 g/mol. The van der Waals surface area contributed by atoms with Crippen LogP contribution in [0.15, 0.2) is 77.7 Å². The largest absolute Gasteiger partial charge is 0.481 e. The zero-order chi connectivity index (χ0) is 20.6. The Balaban J connectivity index is 1.57. The topological polar surface area (TPSA) is 38.3 Å². The molecule has 0 saturated heterocycles. The summed E-state index contributed by atoms with van der Waals surface area (Å²) in [5.74, 6) is 1.50. The van der Waals surface area contributed by atoms with Gasteiger partial charge in [0.25, 0.3) is 5.91 Å². The minimum Gasteiger partial charge on any atom is -0.481 e. The highest BCUT2D eigenvalue weighted by atomic mass is 32.2. The first-order valence-corrected chi connectivity index (χ1v) is 10.8. The lowest BCUT2D eigenvalue weighted by atomic mass is 10.1. The smallest absolute Gasteiger partial charge is 0.265 e. The number of carbonyl (C=O) groups is 1. The number of hydrogen-bond donors (Lipinski definition) is 1. The molecule has 1 N–H and O–H groups in total. The first-order valence-electron chi connectivity index (χ1n) is 9.86. The highest BCUT2D eigenvalue weighted by Crippen LogP contribution is 2.23. The molecule has 0 bridgehead atoms. The van der Waals surface area contributed by atoms with Gasteiger partial charge in [-0.25, -0.2) is 0 Å². The molecule has 0 heterocycles. The average Bonchev–Trinajstić information content (AvgIpc) is 2.71. The SMILES string of the molecule is CCC(Oc1cc(C)cc(C)c1)C(=O)Nc1ccc(CSc2ccccc2)cc1. The molecular weight excluding hydrogens is 378 g/mol. The number of rotatable bonds is 8. The Morgan fingerprint density at radius 2 is 1.62 bits per heavy atom. The molecule has 3 rings (SSSR count). The third-order valence-electron chi connectivity index (χ3n) is 4.51. The number of aryl methyl sites for hydroxylation is 2. The summed E-state index contributed by atoms with van der Waals surface area (Å²) in [6.07, 6.45) is 0.0782. The van der Waals surface area contributed by atoms with Gasteiger partial charge in [0.2, 0.25) is 0 Å². The van der Waals surface area contributed by atoms with Crippen LogP contribution < -0.4 is 10.1 Å². The Morgan fingerprint density at radius 1 is 0.966 bits per heavy atom. The molecule has 0 aliphatic heterocycles. The third-order valence-corrected chi connectivity index (χ3v) is 5.59. The van der Waals surface area contributed by atoms with E-state index in [4.69, 9.17) is 4.74 Å². The van der Waals surface area contributed by atoms with Crippen LogP contribution in [0.3, 0.4) is 0 Å². The van der Waals surface area contributed by atoms with E-state index < -0.39 is 6.10 Å². The lowest BCUT2D eigenvalue weighted by Gasteiger charge is -2.18. The van der Waals surface area contributed by atoms with Crippen molar-refractivity contribution in [2.24, 2.45) is 0 Å². The van der Waals surface area contributed by atoms with E-state index >= 15 is 0 Å². The highest BCUT2D eigenvalue weighted by Gasteiger charge is 2.18. The Morgan fingerprint density at radius 3 is 2.24 bits per heavy atom. The summed E-state index contributed by atoms with van der Waals surface area (Å²) in [4.78, 5) is 13.9. The van der Waals surface area contributed by atoms with Crippen molar-refractivity contribution in [1.29, 1.82) is 0 Å². The first-order chi connectivity index (χ1) is 14.0. The lowest BCUT2D eigenvalue weighted by molar-refractivity contribution is -0.122. The van der Waals surface area contributed by atoms with E-state index in [1.54, 1.807) is 11.8 Å². The van der Waals surface area contributed by atoms with Crippen LogP contribution in [0, 0.1) is 13.8 Å². The fraction of sp³-hybridized carbons (Fsp3) is 0.240. The van der Waals surface area contributed by atoms with Crippen LogP contribution >= 0.6 is 11.8 Å². The van der Waals surface area contributed by atoms with Crippen molar-refractivity contribution in [2.75, 3.05) is 5.32 Å². The summed E-state index contributed by atoms with van der Waals surface area (Å²) in [6.45, 7) is 6.01. The van der Waals surface area contributed by atoms with Gasteiger partial charge in [-0.2, -0.15) is 0 Å². The second-order valence-electron chi connectivity index (χ2n) is 7.13. The van der Waals surface area contributed by atoms with Gasteiger partial charge in [-0.1, -0.05) is 43.3 Å². The average molecular weight is 406 g/mol. The first kappa shape index (κ1) is 21.0. The van der Waals surface area contributed by atoms with Gasteiger partial charge in [0.05, 0.1) is 0 Å². The molecule has 3 aromatic carbocycles. The van der Waals surface area contributed by atoms with E-state index in [0.717, 1.165) is 28.3 Å². The van der Waals surface area contributed by atoms with Gasteiger partial charge >= 0.3 is 0 Å². The summed E-state index contributed by atoms with van der Waals surface area (Å²) in [5.41, 5.74) is 4.25. The minimum absolute atomic E-state index is 0.127. The fourth-order valence-electron chi connectivity index (χ4n) is 3.08. The summed E-state index contributed by atoms with van der Waals surface area (Å²) >= 11 is 1.80. The highest BCUT2D eigenvalue weighted by molar-refractivity contribution is 7.98. The van der Waals surface area contributed by atoms with E-state index in [-0.39, 0.29) is 5.91 Å². The van der Waals surface area contributed by atoms with Gasteiger partial charge in [0, 0.05) is 16.3 Å². The van der Waals surface area contributed by atoms with Crippen LogP contribution in [-0.4, -0.2) is 12.0 Å². The second kappa shape index (κ2) is 10.2. The summed E-state index contributed by atoms with van der Waals surface area (Å²) in [5, 5.41) is 2.97. The Bertz CT molecular complexity index is 919. The number of carbonyl (C=O) groups excluding carboxylic acids is 1. The second-order valence-corrected chi connectivity index (χ2v) is 8.17. The summed E-state index contributed by atoms with van der Waals surface area (Å²) in [6, 6.07) is 24.3. The molecule has 0 radical (unpaired) electrons. The number of ether oxygens (including phenoxy) is 1. The number of amides is 1. The van der Waals surface area contributed by atoms with Crippen molar-refractivity contribution in [2.45, 2.75) is 43.9 Å². The summed E-state index contributed by atoms with van der Waals surface area (Å²) < 4.78 is 5.96. The van der Waals surface area contributed by atoms with E-state index in [0.29, 0.717) is 6.42 Å². The Kier molecular flexibility index (Phi) is 7.36. The number of anilines is 1. The third kappa shape index (κ3) is 6.40. The number of nitrogens with one attached hydrogen (secondary N) is 1. The molecule has 0 aliphatic rings. The van der Waals surface area contributed by atoms with Crippen molar-refractivity contribution in [3.05, 3.63) is 89.5 Å². The Labute approximate surface area is 177 Å². The molecule has 0 aliphatic carbocycles. The molecular formula is C25H27NO2S. The van der Waals surface area contributed by atoms with Crippen molar-refractivity contribution in [3.63, 3.8) is 0 Å². The van der Waals surface area contributed by atoms with Gasteiger partial charge in [-0.15, -0.1) is 11.8 Å². The van der Waals surface area contributed by atoms with Crippen molar-refractivity contribution in [3.8, 4) is 5.75 Å². The molecule has 3 nitrogen and oxygen atoms in total. The van der Waals surface area contributed by atoms with E-state index in [2.05, 4.69) is 35.6 Å². The lowest BCUT2D eigenvalue weighted by Crippen LogP contribution is -2.32. The number of thioether (sulfide) groups is 1. The molecule has 1 unspecified atom stereocenters. The van der Waals surface area contributed by atoms with Crippen molar-refractivity contribution >= 4 is 23.4 Å². The molecule has 0 fully saturated rings. The van der Waals surface area contributed by atoms with E-state index in [1.165, 1.54) is 10.5 Å². The molecule has 0 spiro atoms. The number of benzene rings is 3. The molecule has 0 saturated carbocycles. The van der Waals surface area contributed by atoms with Crippen molar-refractivity contribution < 1.29 is 9.53 Å². The maximum absolute atomic E-state index is 12.7. The number of hydrogen-bond acceptors (Lipinski definition) is 3. The van der Waals surface area contributed by atoms with Crippen LogP contribution in [0.5, 0.6) is 5.75 Å². The fourth-order valence-corrected chi connectivity index (χ4v) is 3.95. The molecule has 150 valence electrons. The van der Waals surface area contributed by atoms with E-state index in [9.17, 15) is 4.79 Å². The predicted molar refractivity (Wildman–Crippen MR) is 122 cm³/mol. The van der Waals surface area contributed by atoms with Crippen LogP contribution in [-0.2, 0) is 10.5 Å². The zero-order valence-corrected chi connectivity index (χ0v) is 18.0. The van der Waals surface area contributed by atoms with Gasteiger partial charge < -0.3 is 10.1 Å². The Hall–Kier alpha value is -2.72. The van der Waals surface area contributed by atoms with E-state index in [1.807, 2.05) is 63.2 Å². The summed E-state index contributed by atoms with van der Waals surface area (Å²) in [7, 11) is 0. The molecule has 29 heavy (non-hydrogen) atoms. The van der Waals surface area contributed by atoms with Crippen LogP contribution in [0.25, 0.3) is 0 Å². The van der Waals surface area contributed by atoms with Gasteiger partial charge in [-0.3, -0.25) is 4.79 Å². The van der Waals surface area contributed by atoms with Gasteiger partial charge in [0.15, 0.2) is 6.10 Å². The minimum atomic E-state index is -0.524. The molecule has 1 atom stereocenters. The normalized spacial score (nSPS) is 11.7. The molecule has 1 amide bonds. The molecule has 3 aromatic rings. The maximum atomic E-state index is 12.7.